The molecule has 0 atom stereocenters. The third-order valence-electron chi connectivity index (χ3n) is 6.03. The van der Waals surface area contributed by atoms with Crippen LogP contribution in [0.2, 0.25) is 10.0 Å². The van der Waals surface area contributed by atoms with Crippen molar-refractivity contribution in [1.82, 2.24) is 28.5 Å². The summed E-state index contributed by atoms with van der Waals surface area (Å²) in [7, 11) is 3.05. The van der Waals surface area contributed by atoms with E-state index in [1.54, 1.807) is 31.0 Å². The van der Waals surface area contributed by atoms with E-state index in [0.29, 0.717) is 66.4 Å². The normalized spacial score (nSPS) is 14.7. The summed E-state index contributed by atoms with van der Waals surface area (Å²) in [4.78, 5) is 46.1. The summed E-state index contributed by atoms with van der Waals surface area (Å²) in [5.74, 6) is 0.629. The first kappa shape index (κ1) is 24.3. The van der Waals surface area contributed by atoms with E-state index in [-0.39, 0.29) is 12.6 Å². The molecule has 182 valence electrons. The number of aromatic nitrogens is 4. The van der Waals surface area contributed by atoms with Crippen molar-refractivity contribution in [3.8, 4) is 0 Å². The topological polar surface area (TPSA) is 94.6 Å². The Hall–Kier alpha value is -2.82. The van der Waals surface area contributed by atoms with Gasteiger partial charge in [0.2, 0.25) is 0 Å². The molecule has 34 heavy (non-hydrogen) atoms. The van der Waals surface area contributed by atoms with Crippen molar-refractivity contribution < 1.29 is 9.53 Å². The number of aryl methyl sites for hydroxylation is 1. The van der Waals surface area contributed by atoms with Crippen LogP contribution in [0, 0.1) is 0 Å². The van der Waals surface area contributed by atoms with Crippen LogP contribution in [-0.4, -0.2) is 67.4 Å². The third-order valence-corrected chi connectivity index (χ3v) is 6.62. The lowest BCUT2D eigenvalue weighted by Gasteiger charge is -2.33. The van der Waals surface area contributed by atoms with Crippen LogP contribution in [0.1, 0.15) is 18.3 Å². The number of benzene rings is 1. The van der Waals surface area contributed by atoms with Crippen molar-refractivity contribution in [2.45, 2.75) is 20.0 Å². The second kappa shape index (κ2) is 9.81. The van der Waals surface area contributed by atoms with Crippen molar-refractivity contribution in [2.24, 2.45) is 14.1 Å². The van der Waals surface area contributed by atoms with Crippen LogP contribution in [0.25, 0.3) is 11.2 Å². The highest BCUT2D eigenvalue weighted by Gasteiger charge is 2.25. The van der Waals surface area contributed by atoms with E-state index in [4.69, 9.17) is 32.9 Å². The van der Waals surface area contributed by atoms with Crippen LogP contribution in [0.15, 0.2) is 27.8 Å². The number of piperazine rings is 1. The van der Waals surface area contributed by atoms with Gasteiger partial charge in [0, 0.05) is 50.3 Å². The van der Waals surface area contributed by atoms with Gasteiger partial charge in [0.15, 0.2) is 11.2 Å². The van der Waals surface area contributed by atoms with Gasteiger partial charge in [-0.05, 0) is 24.6 Å². The SMILES string of the molecule is CCOC(=O)N1CCN(Cc2nc3c(c(=O)n(C)c(=O)n3C)n2Cc2ccc(Cl)cc2Cl)CC1. The van der Waals surface area contributed by atoms with Gasteiger partial charge in [-0.3, -0.25) is 18.8 Å². The molecular weight excluding hydrogens is 483 g/mol. The second-order valence-corrected chi connectivity index (χ2v) is 9.03. The quantitative estimate of drug-likeness (QED) is 0.523. The number of hydrogen-bond donors (Lipinski definition) is 0. The molecule has 4 rings (SSSR count). The zero-order valence-electron chi connectivity index (χ0n) is 19.3. The molecule has 0 N–H and O–H groups in total. The predicted molar refractivity (Wildman–Crippen MR) is 130 cm³/mol. The number of imidazole rings is 1. The fourth-order valence-corrected chi connectivity index (χ4v) is 4.57. The van der Waals surface area contributed by atoms with Crippen LogP contribution in [-0.2, 0) is 31.9 Å². The summed E-state index contributed by atoms with van der Waals surface area (Å²) in [5.41, 5.74) is 0.555. The van der Waals surface area contributed by atoms with E-state index < -0.39 is 11.2 Å². The lowest BCUT2D eigenvalue weighted by Crippen LogP contribution is -2.48. The molecule has 1 amide bonds. The van der Waals surface area contributed by atoms with E-state index in [9.17, 15) is 14.4 Å². The maximum absolute atomic E-state index is 13.1. The van der Waals surface area contributed by atoms with Gasteiger partial charge in [0.1, 0.15) is 5.82 Å². The molecule has 0 saturated carbocycles. The van der Waals surface area contributed by atoms with Gasteiger partial charge in [-0.15, -0.1) is 0 Å². The molecule has 0 aliphatic carbocycles. The number of amides is 1. The van der Waals surface area contributed by atoms with Crippen molar-refractivity contribution in [3.05, 3.63) is 60.5 Å². The third kappa shape index (κ3) is 4.57. The monoisotopic (exact) mass is 508 g/mol. The van der Waals surface area contributed by atoms with Gasteiger partial charge in [-0.1, -0.05) is 29.3 Å². The molecule has 0 radical (unpaired) electrons. The lowest BCUT2D eigenvalue weighted by molar-refractivity contribution is 0.0769. The number of ether oxygens (including phenoxy) is 1. The minimum absolute atomic E-state index is 0.290. The standard InChI is InChI=1S/C22H26Cl2N6O4/c1-4-34-22(33)29-9-7-28(8-10-29)13-17-25-19-18(20(31)27(3)21(32)26(19)2)30(17)12-14-5-6-15(23)11-16(14)24/h5-6,11H,4,7-10,12-13H2,1-3H3. The zero-order valence-corrected chi connectivity index (χ0v) is 20.8. The van der Waals surface area contributed by atoms with Crippen molar-refractivity contribution >= 4 is 40.5 Å². The first-order valence-corrected chi connectivity index (χ1v) is 11.7. The second-order valence-electron chi connectivity index (χ2n) is 8.19. The number of carbonyl (C=O) groups excluding carboxylic acids is 1. The Morgan fingerprint density at radius 2 is 1.76 bits per heavy atom. The molecule has 3 aromatic rings. The van der Waals surface area contributed by atoms with Crippen LogP contribution in [0.4, 0.5) is 4.79 Å². The molecule has 0 bridgehead atoms. The average Bonchev–Trinajstić information content (AvgIpc) is 3.16. The van der Waals surface area contributed by atoms with Crippen molar-refractivity contribution in [3.63, 3.8) is 0 Å². The number of halogens is 2. The molecule has 1 aliphatic heterocycles. The molecule has 3 heterocycles. The highest BCUT2D eigenvalue weighted by atomic mass is 35.5. The van der Waals surface area contributed by atoms with Crippen LogP contribution >= 0.6 is 23.2 Å². The molecule has 1 aliphatic rings. The van der Waals surface area contributed by atoms with E-state index >= 15 is 0 Å². The van der Waals surface area contributed by atoms with E-state index in [1.807, 2.05) is 10.6 Å². The Kier molecular flexibility index (Phi) is 7.01. The summed E-state index contributed by atoms with van der Waals surface area (Å²) in [5, 5.41) is 0.993. The minimum Gasteiger partial charge on any atom is -0.450 e. The molecule has 12 heteroatoms. The highest BCUT2D eigenvalue weighted by molar-refractivity contribution is 6.35. The molecule has 1 saturated heterocycles. The van der Waals surface area contributed by atoms with E-state index in [0.717, 1.165) is 10.1 Å². The average molecular weight is 509 g/mol. The lowest BCUT2D eigenvalue weighted by atomic mass is 10.2. The Balaban J connectivity index is 1.71. The van der Waals surface area contributed by atoms with Gasteiger partial charge in [-0.2, -0.15) is 0 Å². The fourth-order valence-electron chi connectivity index (χ4n) is 4.11. The Morgan fingerprint density at radius 3 is 2.41 bits per heavy atom. The first-order chi connectivity index (χ1) is 16.2. The van der Waals surface area contributed by atoms with Gasteiger partial charge in [0.25, 0.3) is 5.56 Å². The van der Waals surface area contributed by atoms with Crippen LogP contribution in [0.5, 0.6) is 0 Å². The largest absolute Gasteiger partial charge is 0.450 e. The fraction of sp³-hybridized carbons (Fsp3) is 0.455. The van der Waals surface area contributed by atoms with Crippen molar-refractivity contribution in [1.29, 1.82) is 0 Å². The molecule has 2 aromatic heterocycles. The van der Waals surface area contributed by atoms with Crippen molar-refractivity contribution in [2.75, 3.05) is 32.8 Å². The minimum atomic E-state index is -0.443. The van der Waals surface area contributed by atoms with Crippen LogP contribution < -0.4 is 11.2 Å². The number of hydrogen-bond acceptors (Lipinski definition) is 6. The molecule has 10 nitrogen and oxygen atoms in total. The van der Waals surface area contributed by atoms with Crippen LogP contribution in [0.3, 0.4) is 0 Å². The van der Waals surface area contributed by atoms with E-state index in [1.165, 1.54) is 11.6 Å². The molecule has 1 fully saturated rings. The van der Waals surface area contributed by atoms with E-state index in [2.05, 4.69) is 4.90 Å². The number of fused-ring (bicyclic) bond motifs is 1. The Bertz CT molecular complexity index is 1350. The molecular formula is C22H26Cl2N6O4. The maximum atomic E-state index is 13.1. The Labute approximate surface area is 205 Å². The Morgan fingerprint density at radius 1 is 1.06 bits per heavy atom. The molecule has 1 aromatic carbocycles. The van der Waals surface area contributed by atoms with Gasteiger partial charge in [-0.25, -0.2) is 14.6 Å². The van der Waals surface area contributed by atoms with Gasteiger partial charge >= 0.3 is 11.8 Å². The molecule has 0 spiro atoms. The first-order valence-electron chi connectivity index (χ1n) is 10.9. The summed E-state index contributed by atoms with van der Waals surface area (Å²) in [6.45, 7) is 5.16. The summed E-state index contributed by atoms with van der Waals surface area (Å²) >= 11 is 12.5. The maximum Gasteiger partial charge on any atom is 0.409 e. The number of carbonyl (C=O) groups is 1. The van der Waals surface area contributed by atoms with Gasteiger partial charge in [0.05, 0.1) is 19.7 Å². The number of rotatable bonds is 5. The molecule has 0 unspecified atom stereocenters. The summed E-state index contributed by atoms with van der Waals surface area (Å²) in [6.07, 6.45) is -0.315. The smallest absolute Gasteiger partial charge is 0.409 e. The summed E-state index contributed by atoms with van der Waals surface area (Å²) < 4.78 is 9.35. The van der Waals surface area contributed by atoms with Gasteiger partial charge < -0.3 is 14.2 Å². The number of nitrogens with zero attached hydrogens (tertiary/aromatic N) is 6. The highest BCUT2D eigenvalue weighted by Crippen LogP contribution is 2.24. The predicted octanol–water partition coefficient (Wildman–Crippen LogP) is 2.06. The summed E-state index contributed by atoms with van der Waals surface area (Å²) in [6, 6.07) is 5.20. The zero-order chi connectivity index (χ0) is 24.6.